The average Bonchev–Trinajstić information content (AvgIpc) is 2.65. The maximum atomic E-state index is 13.1. The van der Waals surface area contributed by atoms with Crippen LogP contribution in [-0.4, -0.2) is 30.5 Å². The van der Waals surface area contributed by atoms with E-state index in [9.17, 15) is 9.50 Å². The number of ether oxygens (including phenoxy) is 2. The van der Waals surface area contributed by atoms with Crippen LogP contribution in [0.2, 0.25) is 0 Å². The molecule has 1 aromatic rings. The zero-order valence-electron chi connectivity index (χ0n) is 9.15. The van der Waals surface area contributed by atoms with Crippen molar-refractivity contribution in [3.63, 3.8) is 0 Å². The highest BCUT2D eigenvalue weighted by Crippen LogP contribution is 2.23. The summed E-state index contributed by atoms with van der Waals surface area (Å²) in [7, 11) is 0. The van der Waals surface area contributed by atoms with Crippen LogP contribution in [0.3, 0.4) is 0 Å². The van der Waals surface area contributed by atoms with Gasteiger partial charge in [-0.1, -0.05) is 13.0 Å². The Balaban J connectivity index is 2.16. The molecule has 1 N–H and O–H groups in total. The fourth-order valence-corrected chi connectivity index (χ4v) is 1.73. The highest BCUT2D eigenvalue weighted by molar-refractivity contribution is 5.34. The number of aryl methyl sites for hydroxylation is 1. The van der Waals surface area contributed by atoms with Gasteiger partial charge < -0.3 is 14.6 Å². The zero-order valence-corrected chi connectivity index (χ0v) is 9.15. The van der Waals surface area contributed by atoms with E-state index in [0.717, 1.165) is 12.0 Å². The van der Waals surface area contributed by atoms with Crippen molar-refractivity contribution in [3.8, 4) is 5.75 Å². The van der Waals surface area contributed by atoms with Crippen LogP contribution in [0.15, 0.2) is 18.2 Å². The normalized spacial score (nSPS) is 24.7. The van der Waals surface area contributed by atoms with Crippen molar-refractivity contribution in [1.82, 2.24) is 0 Å². The van der Waals surface area contributed by atoms with Crippen molar-refractivity contribution >= 4 is 0 Å². The number of hydrogen-bond donors (Lipinski definition) is 1. The Labute approximate surface area is 93.8 Å². The second kappa shape index (κ2) is 4.80. The Morgan fingerprint density at radius 1 is 1.50 bits per heavy atom. The van der Waals surface area contributed by atoms with E-state index < -0.39 is 12.2 Å². The van der Waals surface area contributed by atoms with Gasteiger partial charge in [0.05, 0.1) is 13.2 Å². The van der Waals surface area contributed by atoms with E-state index in [1.807, 2.05) is 6.92 Å². The molecule has 3 nitrogen and oxygen atoms in total. The molecule has 1 aliphatic heterocycles. The quantitative estimate of drug-likeness (QED) is 0.849. The Kier molecular flexibility index (Phi) is 3.41. The van der Waals surface area contributed by atoms with Crippen molar-refractivity contribution in [2.24, 2.45) is 0 Å². The van der Waals surface area contributed by atoms with Gasteiger partial charge in [0.25, 0.3) is 0 Å². The van der Waals surface area contributed by atoms with Gasteiger partial charge in [0, 0.05) is 6.07 Å². The summed E-state index contributed by atoms with van der Waals surface area (Å²) in [6.45, 7) is 2.60. The highest BCUT2D eigenvalue weighted by atomic mass is 19.1. The molecule has 0 saturated carbocycles. The van der Waals surface area contributed by atoms with Gasteiger partial charge in [-0.25, -0.2) is 4.39 Å². The summed E-state index contributed by atoms with van der Waals surface area (Å²) in [6.07, 6.45) is -0.265. The summed E-state index contributed by atoms with van der Waals surface area (Å²) in [5, 5.41) is 9.54. The first-order chi connectivity index (χ1) is 7.70. The molecule has 0 spiro atoms. The molecule has 0 bridgehead atoms. The average molecular weight is 226 g/mol. The third-order valence-corrected chi connectivity index (χ3v) is 2.69. The highest BCUT2D eigenvalue weighted by Gasteiger charge is 2.28. The lowest BCUT2D eigenvalue weighted by Gasteiger charge is -2.17. The smallest absolute Gasteiger partial charge is 0.150 e. The van der Waals surface area contributed by atoms with Gasteiger partial charge in [-0.15, -0.1) is 0 Å². The molecule has 0 unspecified atom stereocenters. The van der Waals surface area contributed by atoms with Gasteiger partial charge in [0.1, 0.15) is 23.8 Å². The Hall–Kier alpha value is -1.13. The molecular weight excluding hydrogens is 211 g/mol. The molecule has 1 fully saturated rings. The minimum atomic E-state index is -0.632. The molecule has 1 aromatic carbocycles. The summed E-state index contributed by atoms with van der Waals surface area (Å²) >= 11 is 0. The van der Waals surface area contributed by atoms with Gasteiger partial charge in [-0.3, -0.25) is 0 Å². The van der Waals surface area contributed by atoms with E-state index >= 15 is 0 Å². The van der Waals surface area contributed by atoms with Gasteiger partial charge in [0.2, 0.25) is 0 Å². The molecular formula is C12H15FO3. The maximum absolute atomic E-state index is 13.1. The number of halogens is 1. The molecule has 2 atom stereocenters. The van der Waals surface area contributed by atoms with E-state index in [2.05, 4.69) is 0 Å². The molecule has 88 valence electrons. The predicted octanol–water partition coefficient (Wildman–Crippen LogP) is 1.53. The third kappa shape index (κ3) is 2.33. The molecule has 16 heavy (non-hydrogen) atoms. The number of rotatable bonds is 3. The molecule has 1 heterocycles. The number of aliphatic hydroxyl groups is 1. The van der Waals surface area contributed by atoms with Crippen LogP contribution in [0, 0.1) is 5.82 Å². The number of aliphatic hydroxyl groups excluding tert-OH is 1. The van der Waals surface area contributed by atoms with Crippen LogP contribution in [0.25, 0.3) is 0 Å². The second-order valence-electron chi connectivity index (χ2n) is 3.87. The van der Waals surface area contributed by atoms with Crippen molar-refractivity contribution in [1.29, 1.82) is 0 Å². The predicted molar refractivity (Wildman–Crippen MR) is 57.0 cm³/mol. The molecule has 1 saturated heterocycles. The fraction of sp³-hybridized carbons (Fsp3) is 0.500. The summed E-state index contributed by atoms with van der Waals surface area (Å²) in [4.78, 5) is 0. The first-order valence-electron chi connectivity index (χ1n) is 5.41. The number of benzene rings is 1. The van der Waals surface area contributed by atoms with Crippen LogP contribution in [0.5, 0.6) is 5.75 Å². The largest absolute Gasteiger partial charge is 0.485 e. The molecule has 1 aliphatic rings. The third-order valence-electron chi connectivity index (χ3n) is 2.69. The van der Waals surface area contributed by atoms with Crippen molar-refractivity contribution < 1.29 is 19.0 Å². The Bertz CT molecular complexity index is 367. The van der Waals surface area contributed by atoms with Crippen LogP contribution in [0.4, 0.5) is 4.39 Å². The lowest BCUT2D eigenvalue weighted by atomic mass is 10.1. The summed E-state index contributed by atoms with van der Waals surface area (Å²) in [6, 6.07) is 4.46. The van der Waals surface area contributed by atoms with E-state index in [1.54, 1.807) is 6.07 Å². The second-order valence-corrected chi connectivity index (χ2v) is 3.87. The minimum absolute atomic E-state index is 0.279. The van der Waals surface area contributed by atoms with Crippen molar-refractivity contribution in [2.75, 3.05) is 13.2 Å². The van der Waals surface area contributed by atoms with E-state index in [4.69, 9.17) is 9.47 Å². The summed E-state index contributed by atoms with van der Waals surface area (Å²) in [5.41, 5.74) is 0.931. The van der Waals surface area contributed by atoms with Crippen molar-refractivity contribution in [2.45, 2.75) is 25.6 Å². The van der Waals surface area contributed by atoms with Crippen LogP contribution in [0.1, 0.15) is 12.5 Å². The zero-order chi connectivity index (χ0) is 11.5. The van der Waals surface area contributed by atoms with E-state index in [0.29, 0.717) is 12.4 Å². The van der Waals surface area contributed by atoms with Gasteiger partial charge in [-0.2, -0.15) is 0 Å². The fourth-order valence-electron chi connectivity index (χ4n) is 1.73. The van der Waals surface area contributed by atoms with Crippen LogP contribution in [-0.2, 0) is 11.2 Å². The van der Waals surface area contributed by atoms with Crippen LogP contribution < -0.4 is 4.74 Å². The standard InChI is InChI=1S/C12H15FO3/c1-2-8-3-4-9(13)5-11(8)16-12-7-15-6-10(12)14/h3-5,10,12,14H,2,6-7H2,1H3/t10-,12-/m0/s1. The van der Waals surface area contributed by atoms with Gasteiger partial charge >= 0.3 is 0 Å². The molecule has 4 heteroatoms. The molecule has 0 aromatic heterocycles. The number of hydrogen-bond acceptors (Lipinski definition) is 3. The van der Waals surface area contributed by atoms with E-state index in [-0.39, 0.29) is 12.4 Å². The molecule has 0 radical (unpaired) electrons. The Morgan fingerprint density at radius 3 is 2.94 bits per heavy atom. The monoisotopic (exact) mass is 226 g/mol. The van der Waals surface area contributed by atoms with Gasteiger partial charge in [0.15, 0.2) is 0 Å². The maximum Gasteiger partial charge on any atom is 0.150 e. The summed E-state index contributed by atoms with van der Waals surface area (Å²) in [5.74, 6) is 0.164. The summed E-state index contributed by atoms with van der Waals surface area (Å²) < 4.78 is 23.7. The Morgan fingerprint density at radius 2 is 2.31 bits per heavy atom. The SMILES string of the molecule is CCc1ccc(F)cc1O[C@H]1COC[C@@H]1O. The van der Waals surface area contributed by atoms with E-state index in [1.165, 1.54) is 12.1 Å². The first-order valence-corrected chi connectivity index (χ1v) is 5.41. The lowest BCUT2D eigenvalue weighted by Crippen LogP contribution is -2.30. The lowest BCUT2D eigenvalue weighted by molar-refractivity contribution is 0.0725. The topological polar surface area (TPSA) is 38.7 Å². The molecule has 0 amide bonds. The van der Waals surface area contributed by atoms with Crippen LogP contribution >= 0.6 is 0 Å². The first kappa shape index (κ1) is 11.4. The minimum Gasteiger partial charge on any atom is -0.485 e. The van der Waals surface area contributed by atoms with Gasteiger partial charge in [-0.05, 0) is 18.1 Å². The molecule has 2 rings (SSSR count). The van der Waals surface area contributed by atoms with Crippen molar-refractivity contribution in [3.05, 3.63) is 29.6 Å². The molecule has 0 aliphatic carbocycles.